The van der Waals surface area contributed by atoms with Gasteiger partial charge in [0, 0.05) is 7.11 Å². The first-order valence-corrected chi connectivity index (χ1v) is 4.78. The Morgan fingerprint density at radius 1 is 1.36 bits per heavy atom. The largest absolute Gasteiger partial charge is 0.378 e. The van der Waals surface area contributed by atoms with Gasteiger partial charge in [-0.1, -0.05) is 19.8 Å². The zero-order valence-electron chi connectivity index (χ0n) is 8.02. The minimum absolute atomic E-state index is 0.163. The molecule has 0 saturated heterocycles. The molecule has 66 valence electrons. The standard InChI is InChI=1S/C10H20O/c1-4-10(2,11-3)9-7-5-6-8-9/h9H,4-8H2,1-3H3. The monoisotopic (exact) mass is 156 g/mol. The first-order valence-electron chi connectivity index (χ1n) is 4.78. The molecule has 1 rings (SSSR count). The molecule has 1 fully saturated rings. The van der Waals surface area contributed by atoms with E-state index in [1.165, 1.54) is 25.7 Å². The Labute approximate surface area is 70.1 Å². The fourth-order valence-electron chi connectivity index (χ4n) is 2.14. The van der Waals surface area contributed by atoms with Gasteiger partial charge in [-0.05, 0) is 32.1 Å². The lowest BCUT2D eigenvalue weighted by Crippen LogP contribution is -2.34. The molecule has 1 nitrogen and oxygen atoms in total. The van der Waals surface area contributed by atoms with Gasteiger partial charge >= 0.3 is 0 Å². The Hall–Kier alpha value is -0.0400. The summed E-state index contributed by atoms with van der Waals surface area (Å²) in [4.78, 5) is 0. The second-order valence-electron chi connectivity index (χ2n) is 3.85. The van der Waals surface area contributed by atoms with Crippen molar-refractivity contribution in [2.45, 2.75) is 51.6 Å². The van der Waals surface area contributed by atoms with Crippen LogP contribution in [0.15, 0.2) is 0 Å². The van der Waals surface area contributed by atoms with Crippen LogP contribution in [0.1, 0.15) is 46.0 Å². The summed E-state index contributed by atoms with van der Waals surface area (Å²) in [7, 11) is 1.85. The van der Waals surface area contributed by atoms with Crippen molar-refractivity contribution in [3.63, 3.8) is 0 Å². The van der Waals surface area contributed by atoms with Crippen molar-refractivity contribution in [3.05, 3.63) is 0 Å². The topological polar surface area (TPSA) is 9.23 Å². The van der Waals surface area contributed by atoms with Crippen molar-refractivity contribution in [3.8, 4) is 0 Å². The highest BCUT2D eigenvalue weighted by Gasteiger charge is 2.34. The molecule has 1 unspecified atom stereocenters. The molecule has 0 aromatic rings. The molecule has 1 heteroatoms. The first kappa shape index (κ1) is 9.05. The van der Waals surface area contributed by atoms with Crippen LogP contribution in [0, 0.1) is 5.92 Å². The van der Waals surface area contributed by atoms with Crippen molar-refractivity contribution in [1.82, 2.24) is 0 Å². The average molecular weight is 156 g/mol. The summed E-state index contributed by atoms with van der Waals surface area (Å²) in [5, 5.41) is 0. The molecule has 1 aliphatic rings. The molecule has 0 amide bonds. The van der Waals surface area contributed by atoms with Crippen LogP contribution in [0.25, 0.3) is 0 Å². The van der Waals surface area contributed by atoms with E-state index < -0.39 is 0 Å². The maximum atomic E-state index is 5.57. The SMILES string of the molecule is CCC(C)(OC)C1CCCC1. The van der Waals surface area contributed by atoms with E-state index in [-0.39, 0.29) is 5.60 Å². The molecule has 0 aliphatic heterocycles. The highest BCUT2D eigenvalue weighted by atomic mass is 16.5. The molecular weight excluding hydrogens is 136 g/mol. The summed E-state index contributed by atoms with van der Waals surface area (Å²) in [5.74, 6) is 0.817. The third kappa shape index (κ3) is 1.76. The lowest BCUT2D eigenvalue weighted by atomic mass is 9.85. The Bertz CT molecular complexity index is 110. The van der Waals surface area contributed by atoms with Gasteiger partial charge in [-0.15, -0.1) is 0 Å². The van der Waals surface area contributed by atoms with Crippen LogP contribution in [-0.4, -0.2) is 12.7 Å². The summed E-state index contributed by atoms with van der Waals surface area (Å²) in [6.45, 7) is 4.48. The van der Waals surface area contributed by atoms with Crippen molar-refractivity contribution in [2.24, 2.45) is 5.92 Å². The van der Waals surface area contributed by atoms with Gasteiger partial charge in [-0.3, -0.25) is 0 Å². The summed E-state index contributed by atoms with van der Waals surface area (Å²) in [5.41, 5.74) is 0.163. The quantitative estimate of drug-likeness (QED) is 0.610. The van der Waals surface area contributed by atoms with Crippen LogP contribution in [-0.2, 0) is 4.74 Å². The van der Waals surface area contributed by atoms with Crippen LogP contribution in [0.2, 0.25) is 0 Å². The lowest BCUT2D eigenvalue weighted by molar-refractivity contribution is -0.0443. The van der Waals surface area contributed by atoms with E-state index in [4.69, 9.17) is 4.74 Å². The maximum Gasteiger partial charge on any atom is 0.0676 e. The summed E-state index contributed by atoms with van der Waals surface area (Å²) < 4.78 is 5.57. The lowest BCUT2D eigenvalue weighted by Gasteiger charge is -2.33. The Morgan fingerprint density at radius 3 is 2.27 bits per heavy atom. The fourth-order valence-corrected chi connectivity index (χ4v) is 2.14. The second-order valence-corrected chi connectivity index (χ2v) is 3.85. The highest BCUT2D eigenvalue weighted by Crippen LogP contribution is 2.37. The molecule has 0 bridgehead atoms. The molecule has 0 aromatic heterocycles. The van der Waals surface area contributed by atoms with E-state index in [0.29, 0.717) is 0 Å². The van der Waals surface area contributed by atoms with Crippen LogP contribution in [0.5, 0.6) is 0 Å². The van der Waals surface area contributed by atoms with Gasteiger partial charge in [0.05, 0.1) is 5.60 Å². The first-order chi connectivity index (χ1) is 5.23. The Morgan fingerprint density at radius 2 is 1.91 bits per heavy atom. The number of hydrogen-bond acceptors (Lipinski definition) is 1. The molecule has 1 aliphatic carbocycles. The predicted octanol–water partition coefficient (Wildman–Crippen LogP) is 2.99. The van der Waals surface area contributed by atoms with Crippen LogP contribution >= 0.6 is 0 Å². The van der Waals surface area contributed by atoms with Gasteiger partial charge in [0.25, 0.3) is 0 Å². The molecule has 11 heavy (non-hydrogen) atoms. The number of methoxy groups -OCH3 is 1. The van der Waals surface area contributed by atoms with E-state index in [2.05, 4.69) is 13.8 Å². The second kappa shape index (κ2) is 3.57. The van der Waals surface area contributed by atoms with Crippen LogP contribution in [0.4, 0.5) is 0 Å². The minimum atomic E-state index is 0.163. The Kier molecular flexibility index (Phi) is 2.94. The van der Waals surface area contributed by atoms with E-state index in [0.717, 1.165) is 12.3 Å². The minimum Gasteiger partial charge on any atom is -0.378 e. The van der Waals surface area contributed by atoms with E-state index in [1.54, 1.807) is 0 Å². The molecule has 0 heterocycles. The summed E-state index contributed by atoms with van der Waals surface area (Å²) >= 11 is 0. The fraction of sp³-hybridized carbons (Fsp3) is 1.00. The van der Waals surface area contributed by atoms with Gasteiger partial charge in [0.15, 0.2) is 0 Å². The summed E-state index contributed by atoms with van der Waals surface area (Å²) in [6, 6.07) is 0. The third-order valence-corrected chi connectivity index (χ3v) is 3.39. The Balaban J connectivity index is 2.52. The highest BCUT2D eigenvalue weighted by molar-refractivity contribution is 4.85. The molecule has 1 atom stereocenters. The molecule has 0 radical (unpaired) electrons. The molecule has 0 aromatic carbocycles. The van der Waals surface area contributed by atoms with Crippen molar-refractivity contribution in [2.75, 3.05) is 7.11 Å². The van der Waals surface area contributed by atoms with Crippen LogP contribution < -0.4 is 0 Å². The molecule has 1 saturated carbocycles. The molecule has 0 N–H and O–H groups in total. The third-order valence-electron chi connectivity index (χ3n) is 3.39. The van der Waals surface area contributed by atoms with Gasteiger partial charge in [0.1, 0.15) is 0 Å². The molecular formula is C10H20O. The predicted molar refractivity (Wildman–Crippen MR) is 47.7 cm³/mol. The van der Waals surface area contributed by atoms with Gasteiger partial charge < -0.3 is 4.74 Å². The molecule has 0 spiro atoms. The van der Waals surface area contributed by atoms with E-state index >= 15 is 0 Å². The van der Waals surface area contributed by atoms with Crippen molar-refractivity contribution < 1.29 is 4.74 Å². The van der Waals surface area contributed by atoms with Gasteiger partial charge in [-0.2, -0.15) is 0 Å². The zero-order chi connectivity index (χ0) is 8.32. The van der Waals surface area contributed by atoms with E-state index in [1.807, 2.05) is 7.11 Å². The summed E-state index contributed by atoms with van der Waals surface area (Å²) in [6.07, 6.45) is 6.71. The van der Waals surface area contributed by atoms with Crippen molar-refractivity contribution >= 4 is 0 Å². The van der Waals surface area contributed by atoms with E-state index in [9.17, 15) is 0 Å². The van der Waals surface area contributed by atoms with Gasteiger partial charge in [-0.25, -0.2) is 0 Å². The number of ether oxygens (including phenoxy) is 1. The zero-order valence-corrected chi connectivity index (χ0v) is 8.02. The maximum absolute atomic E-state index is 5.57. The van der Waals surface area contributed by atoms with Crippen molar-refractivity contribution in [1.29, 1.82) is 0 Å². The van der Waals surface area contributed by atoms with Gasteiger partial charge in [0.2, 0.25) is 0 Å². The number of hydrogen-bond donors (Lipinski definition) is 0. The smallest absolute Gasteiger partial charge is 0.0676 e. The normalized spacial score (nSPS) is 25.4. The average Bonchev–Trinajstić information content (AvgIpc) is 2.55. The van der Waals surface area contributed by atoms with Crippen LogP contribution in [0.3, 0.4) is 0 Å². The number of rotatable bonds is 3.